The monoisotopic (exact) mass is 416 g/mol. The summed E-state index contributed by atoms with van der Waals surface area (Å²) in [4.78, 5) is 0. The standard InChI is InChI=1S/C27H44O3/c1-17(6-11-24(29)25(2,3)30)21-9-10-22-20-8-7-18-16-19(28)12-14-26(18,4)23(20)13-15-27(21,22)5/h7-8,16-17,19-24,28-30H,6,9-15H2,1-5H3/t17-,19+,20+,21-,22+,23+,24-,26+,27-/m1/s1. The fourth-order valence-corrected chi connectivity index (χ4v) is 8.09. The molecule has 4 rings (SSSR count). The zero-order valence-electron chi connectivity index (χ0n) is 19.8. The molecule has 0 aliphatic heterocycles. The van der Waals surface area contributed by atoms with Crippen LogP contribution in [-0.2, 0) is 0 Å². The Balaban J connectivity index is 1.50. The van der Waals surface area contributed by atoms with E-state index in [0.29, 0.717) is 35.5 Å². The predicted octanol–water partition coefficient (Wildman–Crippen LogP) is 5.25. The van der Waals surface area contributed by atoms with Gasteiger partial charge in [-0.2, -0.15) is 0 Å². The summed E-state index contributed by atoms with van der Waals surface area (Å²) in [7, 11) is 0. The second-order valence-corrected chi connectivity index (χ2v) is 12.2. The summed E-state index contributed by atoms with van der Waals surface area (Å²) in [6, 6.07) is 0. The van der Waals surface area contributed by atoms with Crippen molar-refractivity contribution in [1.29, 1.82) is 0 Å². The third-order valence-corrected chi connectivity index (χ3v) is 10.1. The van der Waals surface area contributed by atoms with Crippen molar-refractivity contribution in [3.8, 4) is 0 Å². The van der Waals surface area contributed by atoms with Crippen LogP contribution in [0.25, 0.3) is 0 Å². The number of hydrogen-bond donors (Lipinski definition) is 3. The van der Waals surface area contributed by atoms with Crippen LogP contribution in [0.15, 0.2) is 23.8 Å². The molecule has 0 radical (unpaired) electrons. The van der Waals surface area contributed by atoms with Crippen LogP contribution in [0.2, 0.25) is 0 Å². The fourth-order valence-electron chi connectivity index (χ4n) is 8.09. The Kier molecular flexibility index (Phi) is 5.82. The highest BCUT2D eigenvalue weighted by molar-refractivity contribution is 5.36. The Morgan fingerprint density at radius 1 is 1.07 bits per heavy atom. The first kappa shape index (κ1) is 22.6. The molecule has 2 fully saturated rings. The minimum atomic E-state index is -1.01. The maximum Gasteiger partial charge on any atom is 0.0849 e. The van der Waals surface area contributed by atoms with Crippen LogP contribution >= 0.6 is 0 Å². The van der Waals surface area contributed by atoms with Crippen LogP contribution in [-0.4, -0.2) is 33.1 Å². The van der Waals surface area contributed by atoms with Gasteiger partial charge in [0.2, 0.25) is 0 Å². The third kappa shape index (κ3) is 3.63. The van der Waals surface area contributed by atoms with Gasteiger partial charge in [0.15, 0.2) is 0 Å². The molecule has 0 heterocycles. The minimum absolute atomic E-state index is 0.237. The lowest BCUT2D eigenvalue weighted by Crippen LogP contribution is -2.49. The largest absolute Gasteiger partial charge is 0.390 e. The molecule has 0 aromatic rings. The molecule has 0 amide bonds. The van der Waals surface area contributed by atoms with Gasteiger partial charge in [0.05, 0.1) is 17.8 Å². The highest BCUT2D eigenvalue weighted by Gasteiger charge is 2.58. The molecule has 3 nitrogen and oxygen atoms in total. The zero-order valence-corrected chi connectivity index (χ0v) is 19.8. The Morgan fingerprint density at radius 2 is 1.80 bits per heavy atom. The van der Waals surface area contributed by atoms with Gasteiger partial charge in [-0.05, 0) is 111 Å². The van der Waals surface area contributed by atoms with E-state index < -0.39 is 11.7 Å². The minimum Gasteiger partial charge on any atom is -0.390 e. The van der Waals surface area contributed by atoms with Crippen LogP contribution < -0.4 is 0 Å². The second-order valence-electron chi connectivity index (χ2n) is 12.2. The van der Waals surface area contributed by atoms with Crippen molar-refractivity contribution < 1.29 is 15.3 Å². The van der Waals surface area contributed by atoms with E-state index in [4.69, 9.17) is 0 Å². The highest BCUT2D eigenvalue weighted by atomic mass is 16.3. The van der Waals surface area contributed by atoms with Crippen LogP contribution in [0.1, 0.15) is 86.0 Å². The summed E-state index contributed by atoms with van der Waals surface area (Å²) in [6.45, 7) is 10.8. The van der Waals surface area contributed by atoms with Gasteiger partial charge >= 0.3 is 0 Å². The molecule has 4 aliphatic carbocycles. The van der Waals surface area contributed by atoms with Crippen molar-refractivity contribution in [2.75, 3.05) is 0 Å². The quantitative estimate of drug-likeness (QED) is 0.573. The van der Waals surface area contributed by atoms with Gasteiger partial charge in [0, 0.05) is 0 Å². The molecular formula is C27H44O3. The molecule has 0 aromatic carbocycles. The van der Waals surface area contributed by atoms with Crippen LogP contribution in [0.5, 0.6) is 0 Å². The Hall–Kier alpha value is -0.640. The van der Waals surface area contributed by atoms with Crippen molar-refractivity contribution in [3.05, 3.63) is 23.8 Å². The third-order valence-electron chi connectivity index (χ3n) is 10.1. The lowest BCUT2D eigenvalue weighted by Gasteiger charge is -2.57. The van der Waals surface area contributed by atoms with Crippen molar-refractivity contribution in [2.24, 2.45) is 40.4 Å². The maximum absolute atomic E-state index is 10.3. The van der Waals surface area contributed by atoms with Gasteiger partial charge in [0.25, 0.3) is 0 Å². The van der Waals surface area contributed by atoms with Gasteiger partial charge in [-0.15, -0.1) is 0 Å². The summed E-state index contributed by atoms with van der Waals surface area (Å²) in [5, 5.41) is 30.5. The van der Waals surface area contributed by atoms with Gasteiger partial charge in [-0.3, -0.25) is 0 Å². The number of rotatable bonds is 5. The number of allylic oxidation sites excluding steroid dienone is 3. The molecule has 4 aliphatic rings. The fraction of sp³-hybridized carbons (Fsp3) is 0.852. The molecule has 9 atom stereocenters. The van der Waals surface area contributed by atoms with Crippen molar-refractivity contribution in [3.63, 3.8) is 0 Å². The molecule has 3 N–H and O–H groups in total. The number of aliphatic hydroxyl groups is 3. The first-order chi connectivity index (χ1) is 14.0. The van der Waals surface area contributed by atoms with Crippen LogP contribution in [0, 0.1) is 40.4 Å². The first-order valence-electron chi connectivity index (χ1n) is 12.5. The van der Waals surface area contributed by atoms with E-state index in [1.165, 1.54) is 31.3 Å². The molecule has 0 unspecified atom stereocenters. The predicted molar refractivity (Wildman–Crippen MR) is 122 cm³/mol. The van der Waals surface area contributed by atoms with E-state index in [0.717, 1.165) is 25.2 Å². The molecule has 0 aromatic heterocycles. The van der Waals surface area contributed by atoms with E-state index in [-0.39, 0.29) is 11.5 Å². The molecule has 0 spiro atoms. The SMILES string of the molecule is C[C@H](CC[C@@H](O)C(C)(C)O)[C@H]1CC[C@H]2[C@@H]3C=CC4=C[C@@H](O)CC[C@]4(C)[C@H]3CC[C@]12C. The normalized spacial score (nSPS) is 45.2. The molecule has 0 saturated heterocycles. The lowest BCUT2D eigenvalue weighted by molar-refractivity contribution is -0.0585. The van der Waals surface area contributed by atoms with E-state index in [1.54, 1.807) is 13.8 Å². The maximum atomic E-state index is 10.3. The average molecular weight is 417 g/mol. The van der Waals surface area contributed by atoms with Crippen LogP contribution in [0.3, 0.4) is 0 Å². The van der Waals surface area contributed by atoms with Crippen molar-refractivity contribution in [1.82, 2.24) is 0 Å². The summed E-state index contributed by atoms with van der Waals surface area (Å²) in [6.07, 6.45) is 15.0. The van der Waals surface area contributed by atoms with Crippen LogP contribution in [0.4, 0.5) is 0 Å². The first-order valence-corrected chi connectivity index (χ1v) is 12.5. The molecule has 170 valence electrons. The second kappa shape index (κ2) is 7.74. The molecule has 0 bridgehead atoms. The van der Waals surface area contributed by atoms with Crippen molar-refractivity contribution in [2.45, 2.75) is 104 Å². The average Bonchev–Trinajstić information content (AvgIpc) is 3.03. The van der Waals surface area contributed by atoms with E-state index >= 15 is 0 Å². The lowest BCUT2D eigenvalue weighted by atomic mass is 9.48. The van der Waals surface area contributed by atoms with E-state index in [1.807, 2.05) is 0 Å². The van der Waals surface area contributed by atoms with Crippen molar-refractivity contribution >= 4 is 0 Å². The van der Waals surface area contributed by atoms with Gasteiger partial charge in [0.1, 0.15) is 0 Å². The molecule has 3 heteroatoms. The van der Waals surface area contributed by atoms with Gasteiger partial charge < -0.3 is 15.3 Å². The summed E-state index contributed by atoms with van der Waals surface area (Å²) >= 11 is 0. The number of fused-ring (bicyclic) bond motifs is 5. The molecule has 30 heavy (non-hydrogen) atoms. The Morgan fingerprint density at radius 3 is 2.50 bits per heavy atom. The molecular weight excluding hydrogens is 372 g/mol. The summed E-state index contributed by atoms with van der Waals surface area (Å²) < 4.78 is 0. The van der Waals surface area contributed by atoms with E-state index in [2.05, 4.69) is 39.0 Å². The van der Waals surface area contributed by atoms with E-state index in [9.17, 15) is 15.3 Å². The number of aliphatic hydroxyl groups excluding tert-OH is 2. The summed E-state index contributed by atoms with van der Waals surface area (Å²) in [5.74, 6) is 3.43. The smallest absolute Gasteiger partial charge is 0.0849 e. The Labute approximate surface area is 183 Å². The summed E-state index contributed by atoms with van der Waals surface area (Å²) in [5.41, 5.74) is 0.993. The zero-order chi connectivity index (χ0) is 21.9. The topological polar surface area (TPSA) is 60.7 Å². The van der Waals surface area contributed by atoms with Gasteiger partial charge in [-0.25, -0.2) is 0 Å². The Bertz CT molecular complexity index is 703. The highest BCUT2D eigenvalue weighted by Crippen LogP contribution is 2.66. The number of hydrogen-bond acceptors (Lipinski definition) is 3. The van der Waals surface area contributed by atoms with Gasteiger partial charge in [-0.1, -0.05) is 39.0 Å². The molecule has 2 saturated carbocycles.